The maximum atomic E-state index is 5.62. The first-order chi connectivity index (χ1) is 10.3. The maximum Gasteiger partial charge on any atom is 0.105 e. The second kappa shape index (κ2) is 6.46. The number of furan rings is 1. The molecule has 0 bridgehead atoms. The van der Waals surface area contributed by atoms with Gasteiger partial charge in [0, 0.05) is 31.1 Å². The molecular formula is C18H23NO2. The molecule has 1 unspecified atom stereocenters. The standard InChI is InChI=1S/C18H23NO2/c1-19-17(14-16-8-5-11-21-16)18(9-12-20-13-10-18)15-6-3-2-4-7-15/h2-8,11,17,19H,9-10,12-14H2,1H3. The van der Waals surface area contributed by atoms with Gasteiger partial charge in [0.15, 0.2) is 0 Å². The Balaban J connectivity index is 1.93. The lowest BCUT2D eigenvalue weighted by Crippen LogP contribution is -2.51. The van der Waals surface area contributed by atoms with E-state index in [1.807, 2.05) is 13.1 Å². The SMILES string of the molecule is CNC(Cc1ccco1)C1(c2ccccc2)CCOCC1. The molecule has 0 radical (unpaired) electrons. The zero-order valence-electron chi connectivity index (χ0n) is 12.5. The van der Waals surface area contributed by atoms with Crippen LogP contribution in [0.5, 0.6) is 0 Å². The first-order valence-electron chi connectivity index (χ1n) is 7.68. The summed E-state index contributed by atoms with van der Waals surface area (Å²) < 4.78 is 11.2. The van der Waals surface area contributed by atoms with Gasteiger partial charge in [0.05, 0.1) is 6.26 Å². The molecule has 1 fully saturated rings. The van der Waals surface area contributed by atoms with Gasteiger partial charge in [-0.05, 0) is 37.6 Å². The van der Waals surface area contributed by atoms with Gasteiger partial charge in [-0.1, -0.05) is 30.3 Å². The van der Waals surface area contributed by atoms with Crippen molar-refractivity contribution < 1.29 is 9.15 Å². The van der Waals surface area contributed by atoms with Gasteiger partial charge in [0.25, 0.3) is 0 Å². The van der Waals surface area contributed by atoms with Crippen molar-refractivity contribution in [2.24, 2.45) is 0 Å². The fourth-order valence-corrected chi connectivity index (χ4v) is 3.55. The average molecular weight is 285 g/mol. The Morgan fingerprint density at radius 3 is 2.48 bits per heavy atom. The molecule has 21 heavy (non-hydrogen) atoms. The highest BCUT2D eigenvalue weighted by atomic mass is 16.5. The first-order valence-corrected chi connectivity index (χ1v) is 7.68. The molecule has 1 N–H and O–H groups in total. The van der Waals surface area contributed by atoms with Crippen molar-refractivity contribution in [3.05, 3.63) is 60.1 Å². The molecule has 1 atom stereocenters. The minimum atomic E-state index is 0.112. The van der Waals surface area contributed by atoms with Crippen LogP contribution in [0, 0.1) is 0 Å². The topological polar surface area (TPSA) is 34.4 Å². The second-order valence-electron chi connectivity index (χ2n) is 5.76. The van der Waals surface area contributed by atoms with E-state index < -0.39 is 0 Å². The lowest BCUT2D eigenvalue weighted by atomic mass is 9.67. The van der Waals surface area contributed by atoms with Crippen molar-refractivity contribution in [1.82, 2.24) is 5.32 Å². The zero-order chi connectivity index (χ0) is 14.5. The molecule has 1 aliphatic rings. The molecule has 1 aliphatic heterocycles. The van der Waals surface area contributed by atoms with Crippen LogP contribution < -0.4 is 5.32 Å². The van der Waals surface area contributed by atoms with Gasteiger partial charge < -0.3 is 14.5 Å². The lowest BCUT2D eigenvalue weighted by molar-refractivity contribution is 0.0347. The van der Waals surface area contributed by atoms with Crippen LogP contribution in [-0.2, 0) is 16.6 Å². The highest BCUT2D eigenvalue weighted by Crippen LogP contribution is 2.39. The summed E-state index contributed by atoms with van der Waals surface area (Å²) in [4.78, 5) is 0. The Morgan fingerprint density at radius 2 is 1.86 bits per heavy atom. The Bertz CT molecular complexity index is 530. The predicted octanol–water partition coefficient (Wildman–Crippen LogP) is 3.16. The quantitative estimate of drug-likeness (QED) is 0.916. The summed E-state index contributed by atoms with van der Waals surface area (Å²) in [6, 6.07) is 15.2. The summed E-state index contributed by atoms with van der Waals surface area (Å²) in [6.45, 7) is 1.65. The third-order valence-corrected chi connectivity index (χ3v) is 4.73. The number of likely N-dealkylation sites (N-methyl/N-ethyl adjacent to an activating group) is 1. The molecule has 0 amide bonds. The van der Waals surface area contributed by atoms with E-state index in [0.717, 1.165) is 38.2 Å². The van der Waals surface area contributed by atoms with Crippen molar-refractivity contribution in [3.63, 3.8) is 0 Å². The van der Waals surface area contributed by atoms with Crippen molar-refractivity contribution in [3.8, 4) is 0 Å². The van der Waals surface area contributed by atoms with Gasteiger partial charge in [-0.15, -0.1) is 0 Å². The molecule has 1 aromatic carbocycles. The van der Waals surface area contributed by atoms with E-state index in [2.05, 4.69) is 41.7 Å². The summed E-state index contributed by atoms with van der Waals surface area (Å²) in [6.07, 6.45) is 4.74. The minimum Gasteiger partial charge on any atom is -0.469 e. The molecule has 0 aliphatic carbocycles. The second-order valence-corrected chi connectivity index (χ2v) is 5.76. The number of nitrogens with one attached hydrogen (secondary N) is 1. The summed E-state index contributed by atoms with van der Waals surface area (Å²) in [5.74, 6) is 1.04. The summed E-state index contributed by atoms with van der Waals surface area (Å²) in [5, 5.41) is 3.53. The molecule has 3 rings (SSSR count). The van der Waals surface area contributed by atoms with Crippen LogP contribution in [0.3, 0.4) is 0 Å². The minimum absolute atomic E-state index is 0.112. The maximum absolute atomic E-state index is 5.62. The highest BCUT2D eigenvalue weighted by molar-refractivity contribution is 5.29. The lowest BCUT2D eigenvalue weighted by Gasteiger charge is -2.44. The number of hydrogen-bond donors (Lipinski definition) is 1. The highest BCUT2D eigenvalue weighted by Gasteiger charge is 2.41. The van der Waals surface area contributed by atoms with Crippen molar-refractivity contribution in [2.75, 3.05) is 20.3 Å². The third kappa shape index (κ3) is 2.89. The fraction of sp³-hybridized carbons (Fsp3) is 0.444. The van der Waals surface area contributed by atoms with Crippen LogP contribution in [-0.4, -0.2) is 26.3 Å². The van der Waals surface area contributed by atoms with E-state index in [1.165, 1.54) is 5.56 Å². The monoisotopic (exact) mass is 285 g/mol. The van der Waals surface area contributed by atoms with Crippen LogP contribution in [0.2, 0.25) is 0 Å². The molecule has 1 saturated heterocycles. The summed E-state index contributed by atoms with van der Waals surface area (Å²) in [5.41, 5.74) is 1.51. The van der Waals surface area contributed by atoms with Crippen molar-refractivity contribution in [1.29, 1.82) is 0 Å². The molecule has 3 heteroatoms. The third-order valence-electron chi connectivity index (χ3n) is 4.73. The fourth-order valence-electron chi connectivity index (χ4n) is 3.55. The van der Waals surface area contributed by atoms with E-state index in [1.54, 1.807) is 6.26 Å². The van der Waals surface area contributed by atoms with Gasteiger partial charge in [0.2, 0.25) is 0 Å². The molecule has 112 valence electrons. The summed E-state index contributed by atoms with van der Waals surface area (Å²) in [7, 11) is 2.05. The molecular weight excluding hydrogens is 262 g/mol. The zero-order valence-corrected chi connectivity index (χ0v) is 12.5. The normalized spacial score (nSPS) is 19.3. The molecule has 0 spiro atoms. The Labute approximate surface area is 126 Å². The molecule has 3 nitrogen and oxygen atoms in total. The van der Waals surface area contributed by atoms with Gasteiger partial charge in [-0.25, -0.2) is 0 Å². The average Bonchev–Trinajstić information content (AvgIpc) is 3.07. The van der Waals surface area contributed by atoms with Crippen LogP contribution in [0.1, 0.15) is 24.2 Å². The van der Waals surface area contributed by atoms with Gasteiger partial charge >= 0.3 is 0 Å². The van der Waals surface area contributed by atoms with E-state index in [-0.39, 0.29) is 5.41 Å². The van der Waals surface area contributed by atoms with Gasteiger partial charge in [0.1, 0.15) is 5.76 Å². The number of hydrogen-bond acceptors (Lipinski definition) is 3. The Morgan fingerprint density at radius 1 is 1.10 bits per heavy atom. The summed E-state index contributed by atoms with van der Waals surface area (Å²) >= 11 is 0. The number of rotatable bonds is 5. The van der Waals surface area contributed by atoms with E-state index in [0.29, 0.717) is 6.04 Å². The van der Waals surface area contributed by atoms with Crippen LogP contribution >= 0.6 is 0 Å². The van der Waals surface area contributed by atoms with Crippen LogP contribution in [0.25, 0.3) is 0 Å². The van der Waals surface area contributed by atoms with E-state index >= 15 is 0 Å². The number of ether oxygens (including phenoxy) is 1. The van der Waals surface area contributed by atoms with E-state index in [9.17, 15) is 0 Å². The Kier molecular flexibility index (Phi) is 4.42. The van der Waals surface area contributed by atoms with Crippen LogP contribution in [0.4, 0.5) is 0 Å². The van der Waals surface area contributed by atoms with Crippen molar-refractivity contribution >= 4 is 0 Å². The Hall–Kier alpha value is -1.58. The predicted molar refractivity (Wildman–Crippen MR) is 83.4 cm³/mol. The van der Waals surface area contributed by atoms with Gasteiger partial charge in [-0.3, -0.25) is 0 Å². The largest absolute Gasteiger partial charge is 0.469 e. The van der Waals surface area contributed by atoms with E-state index in [4.69, 9.17) is 9.15 Å². The first kappa shape index (κ1) is 14.4. The van der Waals surface area contributed by atoms with Crippen LogP contribution in [0.15, 0.2) is 53.1 Å². The molecule has 1 aromatic heterocycles. The molecule has 2 aromatic rings. The smallest absolute Gasteiger partial charge is 0.105 e. The molecule has 0 saturated carbocycles. The molecule has 2 heterocycles. The van der Waals surface area contributed by atoms with Crippen molar-refractivity contribution in [2.45, 2.75) is 30.7 Å². The number of benzene rings is 1. The van der Waals surface area contributed by atoms with Gasteiger partial charge in [-0.2, -0.15) is 0 Å².